The molecule has 0 aromatic heterocycles. The SMILES string of the molecule is COc1ccc(C2=[N+]([O-])C(C)(C)N(O)[C@@H]2C)cc1. The van der Waals surface area contributed by atoms with Gasteiger partial charge in [-0.1, -0.05) is 0 Å². The van der Waals surface area contributed by atoms with E-state index in [2.05, 4.69) is 0 Å². The first-order valence-electron chi connectivity index (χ1n) is 5.86. The van der Waals surface area contributed by atoms with Crippen molar-refractivity contribution in [2.24, 2.45) is 0 Å². The molecule has 5 nitrogen and oxygen atoms in total. The number of ether oxygens (including phenoxy) is 1. The summed E-state index contributed by atoms with van der Waals surface area (Å²) in [4.78, 5) is 0. The van der Waals surface area contributed by atoms with E-state index in [1.165, 1.54) is 0 Å². The molecule has 1 aliphatic rings. The summed E-state index contributed by atoms with van der Waals surface area (Å²) in [6.45, 7) is 5.18. The van der Waals surface area contributed by atoms with Gasteiger partial charge in [-0.25, -0.2) is 0 Å². The van der Waals surface area contributed by atoms with Crippen LogP contribution >= 0.6 is 0 Å². The largest absolute Gasteiger partial charge is 0.622 e. The van der Waals surface area contributed by atoms with Gasteiger partial charge in [-0.15, -0.1) is 5.06 Å². The van der Waals surface area contributed by atoms with E-state index in [0.717, 1.165) is 21.1 Å². The Morgan fingerprint density at radius 1 is 1.33 bits per heavy atom. The van der Waals surface area contributed by atoms with Crippen LogP contribution in [-0.4, -0.2) is 39.5 Å². The van der Waals surface area contributed by atoms with Crippen molar-refractivity contribution in [1.82, 2.24) is 5.06 Å². The normalized spacial score (nSPS) is 23.5. The Bertz CT molecular complexity index is 480. The third-order valence-electron chi connectivity index (χ3n) is 3.42. The monoisotopic (exact) mass is 250 g/mol. The van der Waals surface area contributed by atoms with Crippen molar-refractivity contribution >= 4 is 5.71 Å². The molecule has 0 amide bonds. The minimum Gasteiger partial charge on any atom is -0.622 e. The van der Waals surface area contributed by atoms with Crippen LogP contribution < -0.4 is 4.74 Å². The summed E-state index contributed by atoms with van der Waals surface area (Å²) < 4.78 is 5.95. The molecule has 1 aromatic carbocycles. The van der Waals surface area contributed by atoms with Gasteiger partial charge in [0.2, 0.25) is 11.4 Å². The fourth-order valence-corrected chi connectivity index (χ4v) is 2.27. The topological polar surface area (TPSA) is 58.8 Å². The number of methoxy groups -OCH3 is 1. The second-order valence-electron chi connectivity index (χ2n) is 4.92. The molecule has 18 heavy (non-hydrogen) atoms. The first-order valence-corrected chi connectivity index (χ1v) is 5.86. The van der Waals surface area contributed by atoms with Crippen LogP contribution in [0.3, 0.4) is 0 Å². The van der Waals surface area contributed by atoms with Gasteiger partial charge in [0.1, 0.15) is 11.8 Å². The molecule has 0 spiro atoms. The van der Waals surface area contributed by atoms with Gasteiger partial charge in [0, 0.05) is 19.4 Å². The van der Waals surface area contributed by atoms with Crippen LogP contribution in [0.2, 0.25) is 0 Å². The molecule has 1 heterocycles. The smallest absolute Gasteiger partial charge is 0.245 e. The zero-order valence-corrected chi connectivity index (χ0v) is 11.0. The van der Waals surface area contributed by atoms with Crippen molar-refractivity contribution in [3.63, 3.8) is 0 Å². The molecule has 1 atom stereocenters. The van der Waals surface area contributed by atoms with Gasteiger partial charge >= 0.3 is 0 Å². The predicted octanol–water partition coefficient (Wildman–Crippen LogP) is 1.82. The van der Waals surface area contributed by atoms with Crippen LogP contribution in [0.1, 0.15) is 26.3 Å². The van der Waals surface area contributed by atoms with Gasteiger partial charge in [-0.05, 0) is 31.2 Å². The maximum absolute atomic E-state index is 12.2. The molecule has 1 aliphatic heterocycles. The molecule has 98 valence electrons. The number of hydrogen-bond donors (Lipinski definition) is 1. The van der Waals surface area contributed by atoms with Crippen LogP contribution in [0.15, 0.2) is 24.3 Å². The summed E-state index contributed by atoms with van der Waals surface area (Å²) in [6.07, 6.45) is 0. The van der Waals surface area contributed by atoms with Gasteiger partial charge in [-0.2, -0.15) is 4.74 Å². The lowest BCUT2D eigenvalue weighted by Gasteiger charge is -2.24. The third-order valence-corrected chi connectivity index (χ3v) is 3.42. The molecule has 0 fully saturated rings. The van der Waals surface area contributed by atoms with Gasteiger partial charge in [0.05, 0.1) is 7.11 Å². The molecule has 0 unspecified atom stereocenters. The first-order chi connectivity index (χ1) is 8.39. The average Bonchev–Trinajstić information content (AvgIpc) is 2.51. The average molecular weight is 250 g/mol. The van der Waals surface area contributed by atoms with Crippen LogP contribution in [0.4, 0.5) is 0 Å². The Balaban J connectivity index is 2.46. The molecule has 2 rings (SSSR count). The quantitative estimate of drug-likeness (QED) is 0.642. The Labute approximate surface area is 106 Å². The molecule has 0 saturated carbocycles. The lowest BCUT2D eigenvalue weighted by Crippen LogP contribution is -2.45. The number of hydroxylamine groups is 3. The summed E-state index contributed by atoms with van der Waals surface area (Å²) in [5.74, 6) is 0.738. The summed E-state index contributed by atoms with van der Waals surface area (Å²) in [5.41, 5.74) is 0.405. The van der Waals surface area contributed by atoms with Crippen LogP contribution in [-0.2, 0) is 0 Å². The minimum atomic E-state index is -0.950. The van der Waals surface area contributed by atoms with E-state index in [0.29, 0.717) is 5.71 Å². The number of hydrogen-bond acceptors (Lipinski definition) is 4. The standard InChI is InChI=1S/C13H18N2O3/c1-9-12(15(17)13(2,3)14(9)16)10-5-7-11(18-4)8-6-10/h5-9,16H,1-4H3/t9-/m1/s1. The summed E-state index contributed by atoms with van der Waals surface area (Å²) in [7, 11) is 1.60. The molecule has 1 aromatic rings. The molecular weight excluding hydrogens is 232 g/mol. The van der Waals surface area contributed by atoms with E-state index >= 15 is 0 Å². The van der Waals surface area contributed by atoms with E-state index in [1.54, 1.807) is 40.0 Å². The first kappa shape index (κ1) is 12.9. The maximum atomic E-state index is 12.2. The van der Waals surface area contributed by atoms with E-state index in [-0.39, 0.29) is 6.04 Å². The molecule has 0 radical (unpaired) electrons. The van der Waals surface area contributed by atoms with Crippen molar-refractivity contribution < 1.29 is 14.7 Å². The summed E-state index contributed by atoms with van der Waals surface area (Å²) in [5, 5.41) is 23.3. The Morgan fingerprint density at radius 2 is 1.89 bits per heavy atom. The molecule has 0 aliphatic carbocycles. The fraction of sp³-hybridized carbons (Fsp3) is 0.462. The second kappa shape index (κ2) is 4.26. The molecule has 0 saturated heterocycles. The van der Waals surface area contributed by atoms with Gasteiger partial charge in [0.15, 0.2) is 0 Å². The van der Waals surface area contributed by atoms with Crippen molar-refractivity contribution in [3.05, 3.63) is 35.0 Å². The van der Waals surface area contributed by atoms with E-state index in [4.69, 9.17) is 4.74 Å². The maximum Gasteiger partial charge on any atom is 0.245 e. The van der Waals surface area contributed by atoms with E-state index < -0.39 is 5.66 Å². The van der Waals surface area contributed by atoms with Crippen molar-refractivity contribution in [1.29, 1.82) is 0 Å². The Hall–Kier alpha value is -1.59. The zero-order valence-electron chi connectivity index (χ0n) is 11.0. The lowest BCUT2D eigenvalue weighted by atomic mass is 10.1. The highest BCUT2D eigenvalue weighted by molar-refractivity contribution is 6.01. The zero-order chi connectivity index (χ0) is 13.5. The summed E-state index contributed by atoms with van der Waals surface area (Å²) in [6, 6.07) is 6.91. The Kier molecular flexibility index (Phi) is 3.04. The van der Waals surface area contributed by atoms with Crippen molar-refractivity contribution in [2.45, 2.75) is 32.5 Å². The highest BCUT2D eigenvalue weighted by Gasteiger charge is 2.49. The van der Waals surface area contributed by atoms with Crippen LogP contribution in [0.25, 0.3) is 0 Å². The summed E-state index contributed by atoms with van der Waals surface area (Å²) >= 11 is 0. The Morgan fingerprint density at radius 3 is 2.28 bits per heavy atom. The highest BCUT2D eigenvalue weighted by Crippen LogP contribution is 2.27. The van der Waals surface area contributed by atoms with Gasteiger partial charge in [0.25, 0.3) is 0 Å². The van der Waals surface area contributed by atoms with Crippen molar-refractivity contribution in [3.8, 4) is 5.75 Å². The van der Waals surface area contributed by atoms with Crippen LogP contribution in [0.5, 0.6) is 5.75 Å². The highest BCUT2D eigenvalue weighted by atomic mass is 16.6. The molecule has 5 heteroatoms. The number of rotatable bonds is 2. The molecule has 0 bridgehead atoms. The number of benzene rings is 1. The predicted molar refractivity (Wildman–Crippen MR) is 67.9 cm³/mol. The molecular formula is C13H18N2O3. The van der Waals surface area contributed by atoms with Gasteiger partial charge in [-0.3, -0.25) is 0 Å². The fourth-order valence-electron chi connectivity index (χ4n) is 2.27. The lowest BCUT2D eigenvalue weighted by molar-refractivity contribution is -0.579. The second-order valence-corrected chi connectivity index (χ2v) is 4.92. The molecule has 1 N–H and O–H groups in total. The van der Waals surface area contributed by atoms with Crippen molar-refractivity contribution in [2.75, 3.05) is 7.11 Å². The third kappa shape index (κ3) is 1.76. The number of nitrogens with zero attached hydrogens (tertiary/aromatic N) is 2. The van der Waals surface area contributed by atoms with Gasteiger partial charge < -0.3 is 15.2 Å². The minimum absolute atomic E-state index is 0.342. The van der Waals surface area contributed by atoms with E-state index in [1.807, 2.05) is 12.1 Å². The van der Waals surface area contributed by atoms with Crippen LogP contribution in [0, 0.1) is 5.21 Å². The van der Waals surface area contributed by atoms with E-state index in [9.17, 15) is 10.4 Å².